The summed E-state index contributed by atoms with van der Waals surface area (Å²) in [5.74, 6) is -0.806. The van der Waals surface area contributed by atoms with E-state index in [1.165, 1.54) is 18.2 Å². The van der Waals surface area contributed by atoms with Crippen molar-refractivity contribution < 1.29 is 13.9 Å². The standard InChI is InChI=1S/C16H17ClFN3O2/c1-11-7-19-21(8-11)10-13-9-20(4-5-23-13)16(22)12-2-3-14(17)15(18)6-12/h2-3,6-8,13H,4-5,9-10H2,1H3. The molecule has 0 radical (unpaired) electrons. The average molecular weight is 338 g/mol. The molecule has 1 aliphatic heterocycles. The number of amides is 1. The van der Waals surface area contributed by atoms with Gasteiger partial charge in [-0.3, -0.25) is 9.48 Å². The number of halogens is 2. The summed E-state index contributed by atoms with van der Waals surface area (Å²) in [6, 6.07) is 4.11. The lowest BCUT2D eigenvalue weighted by Crippen LogP contribution is -2.47. The Bertz CT molecular complexity index is 719. The molecule has 1 saturated heterocycles. The summed E-state index contributed by atoms with van der Waals surface area (Å²) in [4.78, 5) is 14.2. The molecule has 23 heavy (non-hydrogen) atoms. The third-order valence-corrected chi connectivity index (χ3v) is 4.05. The number of hydrogen-bond donors (Lipinski definition) is 0. The quantitative estimate of drug-likeness (QED) is 0.864. The molecule has 7 heteroatoms. The van der Waals surface area contributed by atoms with Gasteiger partial charge in [0.25, 0.3) is 5.91 Å². The van der Waals surface area contributed by atoms with Crippen molar-refractivity contribution in [3.63, 3.8) is 0 Å². The van der Waals surface area contributed by atoms with Crippen molar-refractivity contribution in [2.24, 2.45) is 0 Å². The van der Waals surface area contributed by atoms with Crippen LogP contribution in [0.25, 0.3) is 0 Å². The molecule has 1 aliphatic rings. The second kappa shape index (κ2) is 6.68. The SMILES string of the molecule is Cc1cnn(CC2CN(C(=O)c3ccc(Cl)c(F)c3)CCO2)c1. The highest BCUT2D eigenvalue weighted by Crippen LogP contribution is 2.18. The lowest BCUT2D eigenvalue weighted by molar-refractivity contribution is -0.0300. The zero-order chi connectivity index (χ0) is 16.4. The monoisotopic (exact) mass is 337 g/mol. The van der Waals surface area contributed by atoms with Gasteiger partial charge in [0.15, 0.2) is 0 Å². The normalized spacial score (nSPS) is 18.2. The Balaban J connectivity index is 1.67. The summed E-state index contributed by atoms with van der Waals surface area (Å²) in [5, 5.41) is 4.24. The molecule has 122 valence electrons. The number of morpholine rings is 1. The van der Waals surface area contributed by atoms with Crippen molar-refractivity contribution in [1.29, 1.82) is 0 Å². The molecule has 0 N–H and O–H groups in total. The van der Waals surface area contributed by atoms with Crippen LogP contribution in [0, 0.1) is 12.7 Å². The van der Waals surface area contributed by atoms with Crippen molar-refractivity contribution in [1.82, 2.24) is 14.7 Å². The molecule has 3 rings (SSSR count). The van der Waals surface area contributed by atoms with Crippen molar-refractivity contribution in [2.75, 3.05) is 19.7 Å². The molecule has 0 bridgehead atoms. The third-order valence-electron chi connectivity index (χ3n) is 3.75. The van der Waals surface area contributed by atoms with Crippen LogP contribution in [0.2, 0.25) is 5.02 Å². The summed E-state index contributed by atoms with van der Waals surface area (Å²) in [5.41, 5.74) is 1.37. The van der Waals surface area contributed by atoms with Crippen molar-refractivity contribution in [3.05, 3.63) is 52.6 Å². The number of rotatable bonds is 3. The molecule has 1 amide bonds. The van der Waals surface area contributed by atoms with Gasteiger partial charge in [0, 0.05) is 24.8 Å². The lowest BCUT2D eigenvalue weighted by Gasteiger charge is -2.33. The van der Waals surface area contributed by atoms with Crippen molar-refractivity contribution in [2.45, 2.75) is 19.6 Å². The van der Waals surface area contributed by atoms with E-state index < -0.39 is 5.82 Å². The molecule has 0 aliphatic carbocycles. The molecule has 1 unspecified atom stereocenters. The van der Waals surface area contributed by atoms with Gasteiger partial charge >= 0.3 is 0 Å². The molecule has 2 heterocycles. The topological polar surface area (TPSA) is 47.4 Å². The first kappa shape index (κ1) is 16.0. The lowest BCUT2D eigenvalue weighted by atomic mass is 10.1. The van der Waals surface area contributed by atoms with Gasteiger partial charge in [-0.15, -0.1) is 0 Å². The number of carbonyl (C=O) groups excluding carboxylic acids is 1. The van der Waals surface area contributed by atoms with Crippen LogP contribution in [-0.2, 0) is 11.3 Å². The maximum absolute atomic E-state index is 13.5. The van der Waals surface area contributed by atoms with E-state index >= 15 is 0 Å². The van der Waals surface area contributed by atoms with Crippen LogP contribution in [-0.4, -0.2) is 46.4 Å². The van der Waals surface area contributed by atoms with E-state index in [0.717, 1.165) is 5.56 Å². The number of ether oxygens (including phenoxy) is 1. The highest BCUT2D eigenvalue weighted by Gasteiger charge is 2.26. The van der Waals surface area contributed by atoms with Gasteiger partial charge in [-0.1, -0.05) is 11.6 Å². The Morgan fingerprint density at radius 2 is 2.35 bits per heavy atom. The first-order valence-electron chi connectivity index (χ1n) is 7.38. The molecule has 0 spiro atoms. The predicted molar refractivity (Wildman–Crippen MR) is 84.0 cm³/mol. The van der Waals surface area contributed by atoms with E-state index in [1.54, 1.807) is 15.8 Å². The molecular formula is C16H17ClFN3O2. The maximum Gasteiger partial charge on any atom is 0.254 e. The zero-order valence-electron chi connectivity index (χ0n) is 12.7. The second-order valence-corrected chi connectivity index (χ2v) is 6.02. The number of carbonyl (C=O) groups is 1. The van der Waals surface area contributed by atoms with Crippen LogP contribution in [0.15, 0.2) is 30.6 Å². The molecule has 1 atom stereocenters. The highest BCUT2D eigenvalue weighted by molar-refractivity contribution is 6.30. The van der Waals surface area contributed by atoms with Gasteiger partial charge < -0.3 is 9.64 Å². The first-order chi connectivity index (χ1) is 11.0. The number of aromatic nitrogens is 2. The maximum atomic E-state index is 13.5. The van der Waals surface area contributed by atoms with Crippen molar-refractivity contribution >= 4 is 17.5 Å². The number of aryl methyl sites for hydroxylation is 1. The van der Waals surface area contributed by atoms with Crippen LogP contribution in [0.4, 0.5) is 4.39 Å². The Hall–Kier alpha value is -1.92. The molecule has 1 fully saturated rings. The fraction of sp³-hybridized carbons (Fsp3) is 0.375. The van der Waals surface area contributed by atoms with E-state index in [-0.39, 0.29) is 17.0 Å². The van der Waals surface area contributed by atoms with E-state index in [2.05, 4.69) is 5.10 Å². The predicted octanol–water partition coefficient (Wildman–Crippen LogP) is 2.53. The van der Waals surface area contributed by atoms with Gasteiger partial charge in [-0.2, -0.15) is 5.10 Å². The number of hydrogen-bond acceptors (Lipinski definition) is 3. The molecule has 1 aromatic carbocycles. The van der Waals surface area contributed by atoms with Crippen LogP contribution in [0.1, 0.15) is 15.9 Å². The summed E-state index contributed by atoms with van der Waals surface area (Å²) in [6.07, 6.45) is 3.57. The van der Waals surface area contributed by atoms with Crippen molar-refractivity contribution in [3.8, 4) is 0 Å². The summed E-state index contributed by atoms with van der Waals surface area (Å²) < 4.78 is 21.0. The van der Waals surface area contributed by atoms with E-state index in [9.17, 15) is 9.18 Å². The minimum absolute atomic E-state index is 0.00968. The fourth-order valence-corrected chi connectivity index (χ4v) is 2.72. The Morgan fingerprint density at radius 3 is 3.04 bits per heavy atom. The number of nitrogens with zero attached hydrogens (tertiary/aromatic N) is 3. The van der Waals surface area contributed by atoms with Crippen LogP contribution >= 0.6 is 11.6 Å². The smallest absolute Gasteiger partial charge is 0.254 e. The van der Waals surface area contributed by atoms with E-state index in [4.69, 9.17) is 16.3 Å². The fourth-order valence-electron chi connectivity index (χ4n) is 2.60. The van der Waals surface area contributed by atoms with Gasteiger partial charge in [0.1, 0.15) is 5.82 Å². The van der Waals surface area contributed by atoms with Gasteiger partial charge in [-0.05, 0) is 30.7 Å². The number of benzene rings is 1. The Kier molecular flexibility index (Phi) is 4.63. The third kappa shape index (κ3) is 3.71. The highest BCUT2D eigenvalue weighted by atomic mass is 35.5. The van der Waals surface area contributed by atoms with Crippen LogP contribution in [0.3, 0.4) is 0 Å². The Labute approximate surface area is 138 Å². The van der Waals surface area contributed by atoms with E-state index in [1.807, 2.05) is 13.1 Å². The van der Waals surface area contributed by atoms with Crippen LogP contribution in [0.5, 0.6) is 0 Å². The summed E-state index contributed by atoms with van der Waals surface area (Å²) >= 11 is 5.66. The largest absolute Gasteiger partial charge is 0.373 e. The van der Waals surface area contributed by atoms with Crippen LogP contribution < -0.4 is 0 Å². The molecule has 0 saturated carbocycles. The molecular weight excluding hydrogens is 321 g/mol. The van der Waals surface area contributed by atoms with Gasteiger partial charge in [0.2, 0.25) is 0 Å². The molecule has 2 aromatic rings. The zero-order valence-corrected chi connectivity index (χ0v) is 13.5. The van der Waals surface area contributed by atoms with Gasteiger partial charge in [0.05, 0.1) is 30.5 Å². The second-order valence-electron chi connectivity index (χ2n) is 5.61. The molecule has 5 nitrogen and oxygen atoms in total. The van der Waals surface area contributed by atoms with Gasteiger partial charge in [-0.25, -0.2) is 4.39 Å². The summed E-state index contributed by atoms with van der Waals surface area (Å²) in [7, 11) is 0. The average Bonchev–Trinajstić information content (AvgIpc) is 2.94. The molecule has 1 aromatic heterocycles. The summed E-state index contributed by atoms with van der Waals surface area (Å²) in [6.45, 7) is 3.93. The minimum Gasteiger partial charge on any atom is -0.373 e. The minimum atomic E-state index is -0.589. The van der Waals surface area contributed by atoms with E-state index in [0.29, 0.717) is 31.8 Å². The first-order valence-corrected chi connectivity index (χ1v) is 7.75. The Morgan fingerprint density at radius 1 is 1.52 bits per heavy atom.